The van der Waals surface area contributed by atoms with Gasteiger partial charge in [0.05, 0.1) is 6.61 Å². The van der Waals surface area contributed by atoms with Gasteiger partial charge in [-0.25, -0.2) is 4.99 Å². The van der Waals surface area contributed by atoms with Gasteiger partial charge in [-0.3, -0.25) is 0 Å². The second-order valence-electron chi connectivity index (χ2n) is 5.79. The van der Waals surface area contributed by atoms with E-state index in [0.717, 1.165) is 24.2 Å². The molecule has 0 radical (unpaired) electrons. The molecule has 0 bridgehead atoms. The molecule has 0 aliphatic heterocycles. The number of aliphatic imine (C=N–C) groups is 1. The number of nitrogens with one attached hydrogen (secondary N) is 2. The zero-order chi connectivity index (χ0) is 15.8. The fraction of sp³-hybridized carbons (Fsp3) is 0.800. The van der Waals surface area contributed by atoms with E-state index in [0.29, 0.717) is 19.2 Å². The Hall–Kier alpha value is -1.63. The quantitative estimate of drug-likeness (QED) is 0.468. The molecule has 0 aromatic carbocycles. The molecular weight excluding hydrogens is 280 g/mol. The van der Waals surface area contributed by atoms with Crippen LogP contribution in [0.2, 0.25) is 0 Å². The molecule has 1 heterocycles. The van der Waals surface area contributed by atoms with Crippen molar-refractivity contribution in [3.8, 4) is 0 Å². The molecule has 2 N–H and O–H groups in total. The van der Waals surface area contributed by atoms with Crippen molar-refractivity contribution < 1.29 is 4.74 Å². The van der Waals surface area contributed by atoms with Crippen molar-refractivity contribution in [2.24, 2.45) is 12.0 Å². The van der Waals surface area contributed by atoms with Crippen molar-refractivity contribution in [2.45, 2.75) is 51.6 Å². The van der Waals surface area contributed by atoms with E-state index in [-0.39, 0.29) is 0 Å². The van der Waals surface area contributed by atoms with E-state index in [9.17, 15) is 0 Å². The summed E-state index contributed by atoms with van der Waals surface area (Å²) >= 11 is 0. The molecule has 124 valence electrons. The summed E-state index contributed by atoms with van der Waals surface area (Å²) in [5, 5.41) is 15.1. The van der Waals surface area contributed by atoms with Gasteiger partial charge in [0.15, 0.2) is 11.8 Å². The fourth-order valence-electron chi connectivity index (χ4n) is 2.60. The Bertz CT molecular complexity index is 478. The number of hydrogen-bond acceptors (Lipinski definition) is 4. The zero-order valence-electron chi connectivity index (χ0n) is 13.9. The Balaban J connectivity index is 1.95. The second-order valence-corrected chi connectivity index (χ2v) is 5.79. The van der Waals surface area contributed by atoms with Crippen LogP contribution in [0.1, 0.15) is 43.8 Å². The minimum absolute atomic E-state index is 0.517. The SMILES string of the molecule is COCCNC(=NCc1nnc(C)n1C)NC1CCCCC1. The lowest BCUT2D eigenvalue weighted by atomic mass is 9.96. The van der Waals surface area contributed by atoms with Crippen LogP contribution < -0.4 is 10.6 Å². The normalized spacial score (nSPS) is 16.8. The number of aromatic nitrogens is 3. The summed E-state index contributed by atoms with van der Waals surface area (Å²) in [5.74, 6) is 2.61. The number of hydrogen-bond donors (Lipinski definition) is 2. The summed E-state index contributed by atoms with van der Waals surface area (Å²) in [6.07, 6.45) is 6.37. The Morgan fingerprint density at radius 1 is 1.32 bits per heavy atom. The second kappa shape index (κ2) is 8.73. The van der Waals surface area contributed by atoms with Crippen molar-refractivity contribution in [1.82, 2.24) is 25.4 Å². The van der Waals surface area contributed by atoms with E-state index in [2.05, 4.69) is 25.8 Å². The van der Waals surface area contributed by atoms with Gasteiger partial charge >= 0.3 is 0 Å². The van der Waals surface area contributed by atoms with Crippen LogP contribution in [-0.4, -0.2) is 47.0 Å². The van der Waals surface area contributed by atoms with Crippen molar-refractivity contribution in [1.29, 1.82) is 0 Å². The van der Waals surface area contributed by atoms with Crippen molar-refractivity contribution >= 4 is 5.96 Å². The van der Waals surface area contributed by atoms with E-state index in [4.69, 9.17) is 4.74 Å². The molecule has 2 rings (SSSR count). The summed E-state index contributed by atoms with van der Waals surface area (Å²) in [6, 6.07) is 0.517. The highest BCUT2D eigenvalue weighted by Crippen LogP contribution is 2.17. The summed E-state index contributed by atoms with van der Waals surface area (Å²) in [4.78, 5) is 4.65. The van der Waals surface area contributed by atoms with Crippen LogP contribution in [0.25, 0.3) is 0 Å². The van der Waals surface area contributed by atoms with E-state index >= 15 is 0 Å². The predicted octanol–water partition coefficient (Wildman–Crippen LogP) is 1.14. The fourth-order valence-corrected chi connectivity index (χ4v) is 2.60. The standard InChI is InChI=1S/C15H28N6O/c1-12-19-20-14(21(12)2)11-17-15(16-9-10-22-3)18-13-7-5-4-6-8-13/h13H,4-11H2,1-3H3,(H2,16,17,18). The average molecular weight is 308 g/mol. The topological polar surface area (TPSA) is 76.4 Å². The van der Waals surface area contributed by atoms with Crippen LogP contribution in [0.5, 0.6) is 0 Å². The highest BCUT2D eigenvalue weighted by molar-refractivity contribution is 5.80. The molecule has 1 saturated carbocycles. The maximum absolute atomic E-state index is 5.10. The lowest BCUT2D eigenvalue weighted by Crippen LogP contribution is -2.45. The van der Waals surface area contributed by atoms with Crippen LogP contribution in [0.4, 0.5) is 0 Å². The molecule has 1 aromatic rings. The predicted molar refractivity (Wildman–Crippen MR) is 86.8 cm³/mol. The molecule has 22 heavy (non-hydrogen) atoms. The van der Waals surface area contributed by atoms with E-state index in [1.54, 1.807) is 7.11 Å². The number of aryl methyl sites for hydroxylation is 1. The van der Waals surface area contributed by atoms with Crippen LogP contribution in [0, 0.1) is 6.92 Å². The molecule has 1 fully saturated rings. The first-order chi connectivity index (χ1) is 10.7. The molecule has 7 nitrogen and oxygen atoms in total. The van der Waals surface area contributed by atoms with E-state index < -0.39 is 0 Å². The lowest BCUT2D eigenvalue weighted by molar-refractivity contribution is 0.203. The first kappa shape index (κ1) is 16.7. The Labute approximate surface area is 132 Å². The maximum atomic E-state index is 5.10. The van der Waals surface area contributed by atoms with Gasteiger partial charge in [-0.1, -0.05) is 19.3 Å². The molecule has 0 spiro atoms. The van der Waals surface area contributed by atoms with Gasteiger partial charge in [-0.15, -0.1) is 10.2 Å². The van der Waals surface area contributed by atoms with Gasteiger partial charge in [-0.2, -0.15) is 0 Å². The highest BCUT2D eigenvalue weighted by atomic mass is 16.5. The number of methoxy groups -OCH3 is 1. The Kier molecular flexibility index (Phi) is 6.64. The van der Waals surface area contributed by atoms with E-state index in [1.165, 1.54) is 32.1 Å². The molecular formula is C15H28N6O. The highest BCUT2D eigenvalue weighted by Gasteiger charge is 2.14. The first-order valence-electron chi connectivity index (χ1n) is 8.09. The van der Waals surface area contributed by atoms with Gasteiger partial charge < -0.3 is 19.9 Å². The average Bonchev–Trinajstić information content (AvgIpc) is 2.85. The first-order valence-corrected chi connectivity index (χ1v) is 8.09. The summed E-state index contributed by atoms with van der Waals surface area (Å²) in [5.41, 5.74) is 0. The molecule has 1 aromatic heterocycles. The van der Waals surface area contributed by atoms with Crippen LogP contribution in [-0.2, 0) is 18.3 Å². The zero-order valence-corrected chi connectivity index (χ0v) is 13.9. The van der Waals surface area contributed by atoms with Crippen molar-refractivity contribution in [3.05, 3.63) is 11.6 Å². The third-order valence-corrected chi connectivity index (χ3v) is 4.11. The monoisotopic (exact) mass is 308 g/mol. The van der Waals surface area contributed by atoms with Gasteiger partial charge in [0.25, 0.3) is 0 Å². The number of rotatable bonds is 6. The van der Waals surface area contributed by atoms with Crippen LogP contribution in [0.15, 0.2) is 4.99 Å². The molecule has 0 unspecified atom stereocenters. The van der Waals surface area contributed by atoms with Gasteiger partial charge in [0, 0.05) is 26.7 Å². The van der Waals surface area contributed by atoms with Crippen LogP contribution in [0.3, 0.4) is 0 Å². The van der Waals surface area contributed by atoms with Gasteiger partial charge in [0.1, 0.15) is 12.4 Å². The minimum Gasteiger partial charge on any atom is -0.383 e. The van der Waals surface area contributed by atoms with Gasteiger partial charge in [-0.05, 0) is 19.8 Å². The minimum atomic E-state index is 0.517. The lowest BCUT2D eigenvalue weighted by Gasteiger charge is -2.25. The molecule has 0 amide bonds. The maximum Gasteiger partial charge on any atom is 0.192 e. The number of ether oxygens (including phenoxy) is 1. The Morgan fingerprint density at radius 2 is 2.09 bits per heavy atom. The van der Waals surface area contributed by atoms with Gasteiger partial charge in [0.2, 0.25) is 0 Å². The smallest absolute Gasteiger partial charge is 0.192 e. The number of guanidine groups is 1. The summed E-state index contributed by atoms with van der Waals surface area (Å²) in [6.45, 7) is 3.87. The number of nitrogens with zero attached hydrogens (tertiary/aromatic N) is 4. The van der Waals surface area contributed by atoms with Crippen molar-refractivity contribution in [3.63, 3.8) is 0 Å². The molecule has 1 aliphatic carbocycles. The van der Waals surface area contributed by atoms with Crippen molar-refractivity contribution in [2.75, 3.05) is 20.3 Å². The summed E-state index contributed by atoms with van der Waals surface area (Å²) in [7, 11) is 3.67. The molecule has 7 heteroatoms. The third-order valence-electron chi connectivity index (χ3n) is 4.11. The van der Waals surface area contributed by atoms with E-state index in [1.807, 2.05) is 18.5 Å². The largest absolute Gasteiger partial charge is 0.383 e. The molecule has 0 atom stereocenters. The Morgan fingerprint density at radius 3 is 2.73 bits per heavy atom. The molecule has 1 aliphatic rings. The summed E-state index contributed by atoms with van der Waals surface area (Å²) < 4.78 is 7.06. The third kappa shape index (κ3) is 4.98. The molecule has 0 saturated heterocycles. The van der Waals surface area contributed by atoms with Crippen LogP contribution >= 0.6 is 0 Å².